The second kappa shape index (κ2) is 8.03. The van der Waals surface area contributed by atoms with Crippen LogP contribution in [-0.2, 0) is 13.8 Å². The molecule has 1 rings (SSSR count). The highest BCUT2D eigenvalue weighted by Gasteiger charge is 2.23. The summed E-state index contributed by atoms with van der Waals surface area (Å²) in [5, 5.41) is 18.4. The van der Waals surface area contributed by atoms with Crippen molar-refractivity contribution in [3.05, 3.63) is 33.1 Å². The molecule has 0 saturated carbocycles. The van der Waals surface area contributed by atoms with E-state index in [0.29, 0.717) is 0 Å². The molecule has 20 heavy (non-hydrogen) atoms. The fraction of sp³-hybridized carbons (Fsp3) is 0.600. The molecular formula is C10H15N2O7P. The molecule has 0 spiro atoms. The summed E-state index contributed by atoms with van der Waals surface area (Å²) in [4.78, 5) is 24.6. The van der Waals surface area contributed by atoms with Crippen LogP contribution in [-0.4, -0.2) is 45.2 Å². The Kier molecular flexibility index (Phi) is 6.69. The minimum absolute atomic E-state index is 0.241. The monoisotopic (exact) mass is 306 g/mol. The summed E-state index contributed by atoms with van der Waals surface area (Å²) < 4.78 is 21.3. The maximum absolute atomic E-state index is 11.5. The molecule has 112 valence electrons. The lowest BCUT2D eigenvalue weighted by Crippen LogP contribution is -2.39. The number of rotatable bonds is 8. The van der Waals surface area contributed by atoms with Crippen molar-refractivity contribution in [2.45, 2.75) is 25.4 Å². The van der Waals surface area contributed by atoms with Gasteiger partial charge >= 0.3 is 14.4 Å². The Bertz CT molecular complexity index is 543. The van der Waals surface area contributed by atoms with E-state index >= 15 is 0 Å². The predicted octanol–water partition coefficient (Wildman–Crippen LogP) is -0.983. The SMILES string of the molecule is C[C@@H](O[C@H](COP=O)[C@@H](O)CO)n1ccc(=O)[nH]c1=O. The third kappa shape index (κ3) is 4.62. The van der Waals surface area contributed by atoms with Crippen LogP contribution in [0.3, 0.4) is 0 Å². The van der Waals surface area contributed by atoms with Crippen LogP contribution in [0.2, 0.25) is 0 Å². The molecule has 0 radical (unpaired) electrons. The van der Waals surface area contributed by atoms with E-state index in [9.17, 15) is 19.3 Å². The van der Waals surface area contributed by atoms with E-state index in [-0.39, 0.29) is 6.61 Å². The summed E-state index contributed by atoms with van der Waals surface area (Å²) in [7, 11) is -0.594. The molecule has 0 saturated heterocycles. The van der Waals surface area contributed by atoms with Crippen LogP contribution in [0.1, 0.15) is 13.2 Å². The van der Waals surface area contributed by atoms with Gasteiger partial charge in [0, 0.05) is 12.3 Å². The van der Waals surface area contributed by atoms with Crippen molar-refractivity contribution in [1.29, 1.82) is 0 Å². The van der Waals surface area contributed by atoms with Gasteiger partial charge in [-0.1, -0.05) is 0 Å². The van der Waals surface area contributed by atoms with Crippen molar-refractivity contribution in [2.24, 2.45) is 0 Å². The Morgan fingerprint density at radius 3 is 2.75 bits per heavy atom. The number of aliphatic hydroxyl groups excluding tert-OH is 2. The number of H-pyrrole nitrogens is 1. The van der Waals surface area contributed by atoms with Crippen LogP contribution in [0.5, 0.6) is 0 Å². The molecule has 0 aromatic carbocycles. The Labute approximate surface area is 115 Å². The normalized spacial score (nSPS) is 15.9. The lowest BCUT2D eigenvalue weighted by atomic mass is 10.2. The van der Waals surface area contributed by atoms with Crippen molar-refractivity contribution in [3.8, 4) is 0 Å². The zero-order valence-corrected chi connectivity index (χ0v) is 11.5. The highest BCUT2D eigenvalue weighted by Crippen LogP contribution is 2.13. The average molecular weight is 306 g/mol. The lowest BCUT2D eigenvalue weighted by Gasteiger charge is -2.25. The van der Waals surface area contributed by atoms with E-state index in [2.05, 4.69) is 9.51 Å². The van der Waals surface area contributed by atoms with E-state index in [1.165, 1.54) is 13.1 Å². The topological polar surface area (TPSA) is 131 Å². The first-order valence-corrected chi connectivity index (χ1v) is 6.43. The quantitative estimate of drug-likeness (QED) is 0.526. The van der Waals surface area contributed by atoms with Crippen LogP contribution in [0.15, 0.2) is 21.9 Å². The van der Waals surface area contributed by atoms with Gasteiger partial charge in [0.2, 0.25) is 0 Å². The standard InChI is InChI=1S/C10H15N2O7P/c1-6(12-3-2-9(15)11-10(12)16)19-8(5-18-20-17)7(14)4-13/h2-3,6-8,13-14H,4-5H2,1H3,(H,11,15,16)/t6-,7+,8-/m1/s1. The van der Waals surface area contributed by atoms with Crippen molar-refractivity contribution in [3.63, 3.8) is 0 Å². The Balaban J connectivity index is 2.83. The molecule has 0 bridgehead atoms. The summed E-state index contributed by atoms with van der Waals surface area (Å²) in [6, 6.07) is 1.14. The van der Waals surface area contributed by atoms with Gasteiger partial charge in [-0.15, -0.1) is 0 Å². The second-order valence-corrected chi connectivity index (χ2v) is 4.32. The van der Waals surface area contributed by atoms with Crippen LogP contribution in [0.4, 0.5) is 0 Å². The highest BCUT2D eigenvalue weighted by molar-refractivity contribution is 7.17. The number of aromatic nitrogens is 2. The van der Waals surface area contributed by atoms with Crippen molar-refractivity contribution in [2.75, 3.05) is 13.2 Å². The maximum Gasteiger partial charge on any atom is 0.330 e. The zero-order chi connectivity index (χ0) is 15.1. The molecule has 0 unspecified atom stereocenters. The van der Waals surface area contributed by atoms with Gasteiger partial charge in [-0.25, -0.2) is 9.36 Å². The van der Waals surface area contributed by atoms with Gasteiger partial charge in [-0.05, 0) is 6.92 Å². The largest absolute Gasteiger partial charge is 0.394 e. The third-order valence-corrected chi connectivity index (χ3v) is 2.78. The molecule has 3 N–H and O–H groups in total. The third-order valence-electron chi connectivity index (χ3n) is 2.52. The molecule has 0 aliphatic carbocycles. The molecule has 3 atom stereocenters. The molecule has 10 heteroatoms. The fourth-order valence-corrected chi connectivity index (χ4v) is 1.70. The maximum atomic E-state index is 11.5. The van der Waals surface area contributed by atoms with Gasteiger partial charge in [-0.3, -0.25) is 18.9 Å². The molecule has 0 fully saturated rings. The molecule has 1 aromatic rings. The van der Waals surface area contributed by atoms with Crippen LogP contribution >= 0.6 is 8.69 Å². The molecule has 0 aliphatic rings. The number of hydrogen-bond acceptors (Lipinski definition) is 7. The molecule has 0 aliphatic heterocycles. The van der Waals surface area contributed by atoms with E-state index in [0.717, 1.165) is 10.6 Å². The number of nitrogens with one attached hydrogen (secondary N) is 1. The van der Waals surface area contributed by atoms with Crippen LogP contribution in [0, 0.1) is 0 Å². The minimum Gasteiger partial charge on any atom is -0.394 e. The summed E-state index contributed by atoms with van der Waals surface area (Å²) in [6.07, 6.45) is -1.86. The van der Waals surface area contributed by atoms with E-state index in [1.807, 2.05) is 0 Å². The van der Waals surface area contributed by atoms with Crippen molar-refractivity contribution >= 4 is 8.69 Å². The highest BCUT2D eigenvalue weighted by atomic mass is 31.1. The van der Waals surface area contributed by atoms with Crippen molar-refractivity contribution in [1.82, 2.24) is 9.55 Å². The zero-order valence-electron chi connectivity index (χ0n) is 10.6. The first kappa shape index (κ1) is 16.7. The number of aliphatic hydroxyl groups is 2. The summed E-state index contributed by atoms with van der Waals surface area (Å²) in [5.74, 6) is 0. The van der Waals surface area contributed by atoms with Gasteiger partial charge in [0.15, 0.2) is 0 Å². The molecule has 1 heterocycles. The number of ether oxygens (including phenoxy) is 1. The van der Waals surface area contributed by atoms with Gasteiger partial charge < -0.3 is 14.9 Å². The summed E-state index contributed by atoms with van der Waals surface area (Å²) >= 11 is 0. The fourth-order valence-electron chi connectivity index (χ4n) is 1.49. The van der Waals surface area contributed by atoms with Gasteiger partial charge in [0.25, 0.3) is 5.56 Å². The molecular weight excluding hydrogens is 291 g/mol. The number of hydrogen-bond donors (Lipinski definition) is 3. The molecule has 9 nitrogen and oxygen atoms in total. The van der Waals surface area contributed by atoms with E-state index in [4.69, 9.17) is 9.84 Å². The smallest absolute Gasteiger partial charge is 0.330 e. The Morgan fingerprint density at radius 1 is 1.50 bits per heavy atom. The van der Waals surface area contributed by atoms with E-state index in [1.54, 1.807) is 0 Å². The first-order chi connectivity index (χ1) is 9.49. The second-order valence-electron chi connectivity index (χ2n) is 3.91. The van der Waals surface area contributed by atoms with Crippen LogP contribution < -0.4 is 11.2 Å². The molecule has 1 aromatic heterocycles. The first-order valence-electron chi connectivity index (χ1n) is 5.70. The van der Waals surface area contributed by atoms with Gasteiger partial charge in [0.1, 0.15) is 18.4 Å². The average Bonchev–Trinajstić information content (AvgIpc) is 2.42. The van der Waals surface area contributed by atoms with Gasteiger partial charge in [0.05, 0.1) is 13.2 Å². The van der Waals surface area contributed by atoms with Crippen LogP contribution in [0.25, 0.3) is 0 Å². The Morgan fingerprint density at radius 2 is 2.20 bits per heavy atom. The predicted molar refractivity (Wildman–Crippen MR) is 67.6 cm³/mol. The molecule has 0 amide bonds. The Hall–Kier alpha value is -1.38. The van der Waals surface area contributed by atoms with Crippen molar-refractivity contribution < 1.29 is 24.0 Å². The summed E-state index contributed by atoms with van der Waals surface area (Å²) in [5.41, 5.74) is -1.22. The van der Waals surface area contributed by atoms with Gasteiger partial charge in [-0.2, -0.15) is 0 Å². The van der Waals surface area contributed by atoms with E-state index < -0.39 is 45.0 Å². The number of aromatic amines is 1. The lowest BCUT2D eigenvalue weighted by molar-refractivity contribution is -0.123. The summed E-state index contributed by atoms with van der Waals surface area (Å²) in [6.45, 7) is 0.679. The minimum atomic E-state index is -1.27. The number of nitrogens with zero attached hydrogens (tertiary/aromatic N) is 1.